The molecule has 0 spiro atoms. The number of hydrogen-bond acceptors (Lipinski definition) is 1. The average molecular weight is 306 g/mol. The lowest BCUT2D eigenvalue weighted by Crippen LogP contribution is -2.32. The lowest BCUT2D eigenvalue weighted by molar-refractivity contribution is 0.0753. The van der Waals surface area contributed by atoms with Crippen LogP contribution in [0.4, 0.5) is 4.39 Å². The van der Waals surface area contributed by atoms with Gasteiger partial charge in [0.2, 0.25) is 0 Å². The third kappa shape index (κ3) is 4.05. The normalized spacial score (nSPS) is 10.4. The van der Waals surface area contributed by atoms with E-state index >= 15 is 0 Å². The van der Waals surface area contributed by atoms with Crippen molar-refractivity contribution in [1.82, 2.24) is 4.90 Å². The standard InChI is InChI=1S/C17H17ClFNO/c1-13-11-15(19)7-8-16(13)17(21)20(10-9-18)12-14-5-3-2-4-6-14/h2-8,11H,9-10,12H2,1H3. The van der Waals surface area contributed by atoms with Gasteiger partial charge in [0.05, 0.1) is 0 Å². The summed E-state index contributed by atoms with van der Waals surface area (Å²) in [4.78, 5) is 14.3. The predicted molar refractivity (Wildman–Crippen MR) is 83.0 cm³/mol. The molecule has 0 bridgehead atoms. The van der Waals surface area contributed by atoms with Crippen molar-refractivity contribution in [3.05, 3.63) is 71.0 Å². The van der Waals surface area contributed by atoms with E-state index in [1.54, 1.807) is 11.8 Å². The molecule has 0 atom stereocenters. The number of halogens is 2. The Morgan fingerprint density at radius 3 is 2.52 bits per heavy atom. The van der Waals surface area contributed by atoms with E-state index in [1.807, 2.05) is 30.3 Å². The second-order valence-electron chi connectivity index (χ2n) is 4.86. The van der Waals surface area contributed by atoms with Gasteiger partial charge in [-0.05, 0) is 36.2 Å². The molecule has 0 aliphatic heterocycles. The Bertz CT molecular complexity index is 615. The van der Waals surface area contributed by atoms with Gasteiger partial charge in [-0.2, -0.15) is 0 Å². The van der Waals surface area contributed by atoms with Crippen LogP contribution in [0.3, 0.4) is 0 Å². The molecule has 110 valence electrons. The zero-order valence-electron chi connectivity index (χ0n) is 11.9. The number of rotatable bonds is 5. The highest BCUT2D eigenvalue weighted by Gasteiger charge is 2.17. The van der Waals surface area contributed by atoms with Crippen LogP contribution in [0.2, 0.25) is 0 Å². The molecule has 4 heteroatoms. The first-order valence-corrected chi connectivity index (χ1v) is 7.30. The first kappa shape index (κ1) is 15.5. The molecular weight excluding hydrogens is 289 g/mol. The van der Waals surface area contributed by atoms with E-state index in [2.05, 4.69) is 0 Å². The number of carbonyl (C=O) groups is 1. The molecule has 2 nitrogen and oxygen atoms in total. The van der Waals surface area contributed by atoms with Gasteiger partial charge in [0.25, 0.3) is 5.91 Å². The molecule has 0 radical (unpaired) electrons. The fourth-order valence-corrected chi connectivity index (χ4v) is 2.40. The van der Waals surface area contributed by atoms with Crippen molar-refractivity contribution >= 4 is 17.5 Å². The number of alkyl halides is 1. The van der Waals surface area contributed by atoms with Crippen LogP contribution in [-0.2, 0) is 6.54 Å². The second kappa shape index (κ2) is 7.23. The van der Waals surface area contributed by atoms with Crippen molar-refractivity contribution in [3.63, 3.8) is 0 Å². The summed E-state index contributed by atoms with van der Waals surface area (Å²) in [7, 11) is 0. The molecule has 2 rings (SSSR count). The van der Waals surface area contributed by atoms with Gasteiger partial charge < -0.3 is 4.90 Å². The zero-order valence-corrected chi connectivity index (χ0v) is 12.6. The molecule has 0 saturated heterocycles. The maximum atomic E-state index is 13.2. The van der Waals surface area contributed by atoms with Crippen LogP contribution in [0.25, 0.3) is 0 Å². The van der Waals surface area contributed by atoms with Crippen molar-refractivity contribution in [2.45, 2.75) is 13.5 Å². The Kier molecular flexibility index (Phi) is 5.34. The lowest BCUT2D eigenvalue weighted by atomic mass is 10.1. The van der Waals surface area contributed by atoms with Crippen molar-refractivity contribution < 1.29 is 9.18 Å². The molecule has 2 aromatic rings. The number of nitrogens with zero attached hydrogens (tertiary/aromatic N) is 1. The minimum Gasteiger partial charge on any atom is -0.333 e. The molecule has 0 unspecified atom stereocenters. The van der Waals surface area contributed by atoms with Gasteiger partial charge in [0.15, 0.2) is 0 Å². The van der Waals surface area contributed by atoms with E-state index in [0.717, 1.165) is 5.56 Å². The number of benzene rings is 2. The summed E-state index contributed by atoms with van der Waals surface area (Å²) in [6, 6.07) is 13.9. The summed E-state index contributed by atoms with van der Waals surface area (Å²) < 4.78 is 13.2. The Labute approximate surface area is 129 Å². The first-order chi connectivity index (χ1) is 10.1. The highest BCUT2D eigenvalue weighted by molar-refractivity contribution is 6.18. The maximum absolute atomic E-state index is 13.2. The predicted octanol–water partition coefficient (Wildman–Crippen LogP) is 4.02. The lowest BCUT2D eigenvalue weighted by Gasteiger charge is -2.22. The Balaban J connectivity index is 2.23. The number of amides is 1. The molecule has 21 heavy (non-hydrogen) atoms. The third-order valence-corrected chi connectivity index (χ3v) is 3.45. The molecule has 0 aliphatic carbocycles. The smallest absolute Gasteiger partial charge is 0.254 e. The number of hydrogen-bond donors (Lipinski definition) is 0. The summed E-state index contributed by atoms with van der Waals surface area (Å²) in [6.07, 6.45) is 0. The second-order valence-corrected chi connectivity index (χ2v) is 5.24. The van der Waals surface area contributed by atoms with Crippen LogP contribution >= 0.6 is 11.6 Å². The van der Waals surface area contributed by atoms with Crippen LogP contribution in [0.5, 0.6) is 0 Å². The van der Waals surface area contributed by atoms with E-state index in [1.165, 1.54) is 18.2 Å². The van der Waals surface area contributed by atoms with Crippen molar-refractivity contribution in [2.75, 3.05) is 12.4 Å². The molecule has 1 amide bonds. The Hall–Kier alpha value is -1.87. The van der Waals surface area contributed by atoms with Gasteiger partial charge in [0, 0.05) is 24.5 Å². The van der Waals surface area contributed by atoms with Crippen LogP contribution in [0, 0.1) is 12.7 Å². The third-order valence-electron chi connectivity index (χ3n) is 3.28. The van der Waals surface area contributed by atoms with Crippen molar-refractivity contribution in [2.24, 2.45) is 0 Å². The van der Waals surface area contributed by atoms with Crippen molar-refractivity contribution in [3.8, 4) is 0 Å². The molecule has 0 heterocycles. The first-order valence-electron chi connectivity index (χ1n) is 6.77. The topological polar surface area (TPSA) is 20.3 Å². The van der Waals surface area contributed by atoms with Gasteiger partial charge in [-0.15, -0.1) is 11.6 Å². The summed E-state index contributed by atoms with van der Waals surface area (Å²) in [5, 5.41) is 0. The molecule has 0 aliphatic rings. The molecule has 0 aromatic heterocycles. The average Bonchev–Trinajstić information content (AvgIpc) is 2.47. The minimum absolute atomic E-state index is 0.128. The van der Waals surface area contributed by atoms with Gasteiger partial charge in [-0.25, -0.2) is 4.39 Å². The number of carbonyl (C=O) groups excluding carboxylic acids is 1. The zero-order chi connectivity index (χ0) is 15.2. The highest BCUT2D eigenvalue weighted by atomic mass is 35.5. The van der Waals surface area contributed by atoms with Gasteiger partial charge in [-0.3, -0.25) is 4.79 Å². The maximum Gasteiger partial charge on any atom is 0.254 e. The molecule has 0 N–H and O–H groups in total. The van der Waals surface area contributed by atoms with Gasteiger partial charge >= 0.3 is 0 Å². The van der Waals surface area contributed by atoms with Gasteiger partial charge in [0.1, 0.15) is 5.82 Å². The van der Waals surface area contributed by atoms with E-state index in [9.17, 15) is 9.18 Å². The van der Waals surface area contributed by atoms with E-state index in [0.29, 0.717) is 30.1 Å². The molecular formula is C17H17ClFNO. The molecule has 0 saturated carbocycles. The van der Waals surface area contributed by atoms with Crippen molar-refractivity contribution in [1.29, 1.82) is 0 Å². The van der Waals surface area contributed by atoms with E-state index in [-0.39, 0.29) is 11.7 Å². The van der Waals surface area contributed by atoms with Crippen LogP contribution in [0.15, 0.2) is 48.5 Å². The fourth-order valence-electron chi connectivity index (χ4n) is 2.20. The van der Waals surface area contributed by atoms with Gasteiger partial charge in [-0.1, -0.05) is 30.3 Å². The monoisotopic (exact) mass is 305 g/mol. The van der Waals surface area contributed by atoms with E-state index in [4.69, 9.17) is 11.6 Å². The number of aryl methyl sites for hydroxylation is 1. The summed E-state index contributed by atoms with van der Waals surface area (Å²) in [6.45, 7) is 2.67. The minimum atomic E-state index is -0.337. The molecule has 2 aromatic carbocycles. The summed E-state index contributed by atoms with van der Waals surface area (Å²) in [5.41, 5.74) is 2.18. The van der Waals surface area contributed by atoms with Crippen LogP contribution in [0.1, 0.15) is 21.5 Å². The van der Waals surface area contributed by atoms with Crippen LogP contribution < -0.4 is 0 Å². The SMILES string of the molecule is Cc1cc(F)ccc1C(=O)N(CCCl)Cc1ccccc1. The quantitative estimate of drug-likeness (QED) is 0.764. The summed E-state index contributed by atoms with van der Waals surface area (Å²) >= 11 is 5.81. The fraction of sp³-hybridized carbons (Fsp3) is 0.235. The molecule has 0 fully saturated rings. The van der Waals surface area contributed by atoms with Crippen LogP contribution in [-0.4, -0.2) is 23.2 Å². The highest BCUT2D eigenvalue weighted by Crippen LogP contribution is 2.15. The Morgan fingerprint density at radius 2 is 1.90 bits per heavy atom. The largest absolute Gasteiger partial charge is 0.333 e. The summed E-state index contributed by atoms with van der Waals surface area (Å²) in [5.74, 6) is -0.105. The van der Waals surface area contributed by atoms with E-state index < -0.39 is 0 Å². The Morgan fingerprint density at radius 1 is 1.19 bits per heavy atom.